The number of ether oxygens (including phenoxy) is 2. The van der Waals surface area contributed by atoms with Crippen LogP contribution in [0.1, 0.15) is 22.7 Å². The highest BCUT2D eigenvalue weighted by molar-refractivity contribution is 7.89. The molecule has 1 aliphatic rings. The molecular formula is C26H24N2O7S. The number of anilines is 1. The molecule has 0 spiro atoms. The number of hydrogen-bond donors (Lipinski definition) is 2. The fourth-order valence-electron chi connectivity index (χ4n) is 4.10. The fourth-order valence-corrected chi connectivity index (χ4v) is 4.62. The SMILES string of the molecule is COc1ccc(C2/C(=C(\O)c3ccc(C)cc3)C(=O)C(=O)N2c2ccc(S(N)(=O)=O)cc2)c(OC)c1. The smallest absolute Gasteiger partial charge is 0.300 e. The van der Waals surface area contributed by atoms with Crippen molar-refractivity contribution >= 4 is 33.2 Å². The van der Waals surface area contributed by atoms with Crippen LogP contribution in [0.15, 0.2) is 77.2 Å². The average molecular weight is 509 g/mol. The van der Waals surface area contributed by atoms with Gasteiger partial charge in [0.1, 0.15) is 17.3 Å². The van der Waals surface area contributed by atoms with Crippen molar-refractivity contribution in [2.45, 2.75) is 17.9 Å². The Morgan fingerprint density at radius 2 is 1.58 bits per heavy atom. The molecular weight excluding hydrogens is 484 g/mol. The van der Waals surface area contributed by atoms with Crippen molar-refractivity contribution in [3.8, 4) is 11.5 Å². The molecule has 1 unspecified atom stereocenters. The summed E-state index contributed by atoms with van der Waals surface area (Å²) in [5, 5.41) is 16.4. The Kier molecular flexibility index (Phi) is 6.57. The Balaban J connectivity index is 1.97. The normalized spacial score (nSPS) is 17.3. The molecule has 1 atom stereocenters. The Morgan fingerprint density at radius 3 is 2.14 bits per heavy atom. The lowest BCUT2D eigenvalue weighted by molar-refractivity contribution is -0.132. The molecule has 3 aromatic rings. The molecule has 0 radical (unpaired) electrons. The summed E-state index contributed by atoms with van der Waals surface area (Å²) in [5.41, 5.74) is 1.83. The third-order valence-corrected chi connectivity index (χ3v) is 6.88. The van der Waals surface area contributed by atoms with E-state index in [1.54, 1.807) is 42.5 Å². The van der Waals surface area contributed by atoms with Crippen molar-refractivity contribution in [2.24, 2.45) is 5.14 Å². The number of rotatable bonds is 6. The Morgan fingerprint density at radius 1 is 0.944 bits per heavy atom. The zero-order valence-corrected chi connectivity index (χ0v) is 20.6. The van der Waals surface area contributed by atoms with E-state index in [1.165, 1.54) is 43.4 Å². The molecule has 0 saturated carbocycles. The first-order chi connectivity index (χ1) is 17.1. The lowest BCUT2D eigenvalue weighted by Crippen LogP contribution is -2.29. The maximum atomic E-state index is 13.3. The monoisotopic (exact) mass is 508 g/mol. The number of Topliss-reactive ketones (excluding diaryl/α,β-unsaturated/α-hetero) is 1. The number of carbonyl (C=O) groups excluding carboxylic acids is 2. The van der Waals surface area contributed by atoms with Gasteiger partial charge in [-0.05, 0) is 43.3 Å². The maximum Gasteiger partial charge on any atom is 0.300 e. The first-order valence-electron chi connectivity index (χ1n) is 10.8. The van der Waals surface area contributed by atoms with Gasteiger partial charge in [-0.3, -0.25) is 14.5 Å². The molecule has 0 aliphatic carbocycles. The molecule has 1 amide bonds. The van der Waals surface area contributed by atoms with Gasteiger partial charge in [0.25, 0.3) is 11.7 Å². The Labute approximate surface area is 208 Å². The average Bonchev–Trinajstić information content (AvgIpc) is 3.13. The Bertz CT molecular complexity index is 1480. The minimum absolute atomic E-state index is 0.136. The van der Waals surface area contributed by atoms with Crippen molar-refractivity contribution < 1.29 is 32.6 Å². The number of aryl methyl sites for hydroxylation is 1. The number of amides is 1. The number of hydrogen-bond acceptors (Lipinski definition) is 7. The molecule has 1 fully saturated rings. The van der Waals surface area contributed by atoms with E-state index in [0.717, 1.165) is 5.56 Å². The second-order valence-corrected chi connectivity index (χ2v) is 9.74. The van der Waals surface area contributed by atoms with Crippen molar-refractivity contribution in [3.63, 3.8) is 0 Å². The zero-order chi connectivity index (χ0) is 26.2. The minimum atomic E-state index is -3.97. The summed E-state index contributed by atoms with van der Waals surface area (Å²) in [5.74, 6) is -1.33. The lowest BCUT2D eigenvalue weighted by Gasteiger charge is -2.27. The third kappa shape index (κ3) is 4.43. The van der Waals surface area contributed by atoms with Crippen LogP contribution in [0, 0.1) is 6.92 Å². The van der Waals surface area contributed by atoms with Gasteiger partial charge in [-0.15, -0.1) is 0 Å². The highest BCUT2D eigenvalue weighted by Crippen LogP contribution is 2.45. The number of benzene rings is 3. The van der Waals surface area contributed by atoms with E-state index in [2.05, 4.69) is 0 Å². The van der Waals surface area contributed by atoms with Crippen LogP contribution in [0.4, 0.5) is 5.69 Å². The minimum Gasteiger partial charge on any atom is -0.507 e. The zero-order valence-electron chi connectivity index (χ0n) is 19.8. The summed E-state index contributed by atoms with van der Waals surface area (Å²) in [6, 6.07) is 15.9. The van der Waals surface area contributed by atoms with Crippen molar-refractivity contribution in [1.29, 1.82) is 0 Å². The number of aliphatic hydroxyl groups is 1. The summed E-state index contributed by atoms with van der Waals surface area (Å²) < 4.78 is 34.2. The number of ketones is 1. The lowest BCUT2D eigenvalue weighted by atomic mass is 9.94. The van der Waals surface area contributed by atoms with E-state index in [4.69, 9.17) is 14.6 Å². The van der Waals surface area contributed by atoms with Gasteiger partial charge in [0.15, 0.2) is 0 Å². The van der Waals surface area contributed by atoms with E-state index in [0.29, 0.717) is 22.6 Å². The number of nitrogens with zero attached hydrogens (tertiary/aromatic N) is 1. The largest absolute Gasteiger partial charge is 0.507 e. The summed E-state index contributed by atoms with van der Waals surface area (Å²) in [4.78, 5) is 27.7. The first-order valence-corrected chi connectivity index (χ1v) is 12.3. The summed E-state index contributed by atoms with van der Waals surface area (Å²) in [7, 11) is -1.04. The molecule has 10 heteroatoms. The number of carbonyl (C=O) groups is 2. The van der Waals surface area contributed by atoms with Crippen LogP contribution in [-0.2, 0) is 19.6 Å². The van der Waals surface area contributed by atoms with Crippen LogP contribution in [-0.4, -0.2) is 39.4 Å². The quantitative estimate of drug-likeness (QED) is 0.296. The summed E-state index contributed by atoms with van der Waals surface area (Å²) >= 11 is 0. The summed E-state index contributed by atoms with van der Waals surface area (Å²) in [6.45, 7) is 1.89. The Hall–Kier alpha value is -4.15. The highest BCUT2D eigenvalue weighted by Gasteiger charge is 2.48. The second kappa shape index (κ2) is 9.48. The summed E-state index contributed by atoms with van der Waals surface area (Å²) in [6.07, 6.45) is 0. The molecule has 1 saturated heterocycles. The number of methoxy groups -OCH3 is 2. The van der Waals surface area contributed by atoms with Gasteiger partial charge in [-0.2, -0.15) is 0 Å². The molecule has 1 aliphatic heterocycles. The van der Waals surface area contributed by atoms with Crippen LogP contribution < -0.4 is 19.5 Å². The fraction of sp³-hybridized carbons (Fsp3) is 0.154. The van der Waals surface area contributed by atoms with E-state index in [-0.39, 0.29) is 21.9 Å². The van der Waals surface area contributed by atoms with E-state index < -0.39 is 27.8 Å². The van der Waals surface area contributed by atoms with Gasteiger partial charge in [-0.1, -0.05) is 29.8 Å². The van der Waals surface area contributed by atoms with Crippen molar-refractivity contribution in [1.82, 2.24) is 0 Å². The first kappa shape index (κ1) is 25.0. The molecule has 0 aromatic heterocycles. The van der Waals surface area contributed by atoms with Crippen LogP contribution in [0.25, 0.3) is 5.76 Å². The molecule has 4 rings (SSSR count). The number of nitrogens with two attached hydrogens (primary N) is 1. The van der Waals surface area contributed by atoms with Crippen LogP contribution in [0.3, 0.4) is 0 Å². The molecule has 3 aromatic carbocycles. The van der Waals surface area contributed by atoms with Crippen LogP contribution in [0.5, 0.6) is 11.5 Å². The van der Waals surface area contributed by atoms with Crippen molar-refractivity contribution in [3.05, 3.63) is 89.0 Å². The number of primary sulfonamides is 1. The van der Waals surface area contributed by atoms with Gasteiger partial charge in [0, 0.05) is 22.9 Å². The van der Waals surface area contributed by atoms with Crippen LogP contribution >= 0.6 is 0 Å². The third-order valence-electron chi connectivity index (χ3n) is 5.95. The molecule has 36 heavy (non-hydrogen) atoms. The van der Waals surface area contributed by atoms with Gasteiger partial charge >= 0.3 is 0 Å². The van der Waals surface area contributed by atoms with E-state index >= 15 is 0 Å². The highest BCUT2D eigenvalue weighted by atomic mass is 32.2. The van der Waals surface area contributed by atoms with Gasteiger partial charge < -0.3 is 14.6 Å². The predicted octanol–water partition coefficient (Wildman–Crippen LogP) is 3.29. The number of aliphatic hydroxyl groups excluding tert-OH is 1. The van der Waals surface area contributed by atoms with E-state index in [9.17, 15) is 23.1 Å². The number of sulfonamides is 1. The molecule has 186 valence electrons. The van der Waals surface area contributed by atoms with Gasteiger partial charge in [-0.25, -0.2) is 13.6 Å². The second-order valence-electron chi connectivity index (χ2n) is 8.18. The molecule has 3 N–H and O–H groups in total. The van der Waals surface area contributed by atoms with Crippen LogP contribution in [0.2, 0.25) is 0 Å². The van der Waals surface area contributed by atoms with E-state index in [1.807, 2.05) is 6.92 Å². The molecule has 9 nitrogen and oxygen atoms in total. The topological polar surface area (TPSA) is 136 Å². The van der Waals surface area contributed by atoms with Gasteiger partial charge in [0.05, 0.1) is 30.7 Å². The standard InChI is InChI=1S/C26H24N2O7S/c1-15-4-6-16(7-5-15)24(29)22-23(20-13-10-18(34-2)14-21(20)35-3)28(26(31)25(22)30)17-8-11-19(12-9-17)36(27,32)33/h4-14,23,29H,1-3H3,(H2,27,32,33)/b24-22+. The molecule has 1 heterocycles. The molecule has 0 bridgehead atoms. The maximum absolute atomic E-state index is 13.3. The van der Waals surface area contributed by atoms with Gasteiger partial charge in [0.2, 0.25) is 10.0 Å². The van der Waals surface area contributed by atoms with Crippen molar-refractivity contribution in [2.75, 3.05) is 19.1 Å². The predicted molar refractivity (Wildman–Crippen MR) is 133 cm³/mol.